The molecule has 26 heteroatoms. The van der Waals surface area contributed by atoms with Gasteiger partial charge in [0.2, 0.25) is 11.8 Å². The molecule has 2 heterocycles. The van der Waals surface area contributed by atoms with Crippen LogP contribution in [0.2, 0.25) is 0 Å². The third-order valence-electron chi connectivity index (χ3n) is 12.4. The minimum Gasteiger partial charge on any atom is -0.504 e. The van der Waals surface area contributed by atoms with Gasteiger partial charge in [-0.05, 0) is 85.2 Å². The van der Waals surface area contributed by atoms with Gasteiger partial charge < -0.3 is 67.7 Å². The Morgan fingerprint density at radius 2 is 1.63 bits per heavy atom. The third kappa shape index (κ3) is 14.1. The average molecular weight is 1040 g/mol. The SMILES string of the molecule is CCC(C)(C)c1ccc(-c2nc(C)c(C(=O)N[C@@H](CNS(N)(=O)=O)C(=O)N(C)[C@@H]3C(=O)N[C@@H](C)C(O)N[C@H](C(=O)O)Cc4ccc(OC[C@H](O)CN)c(c4)-c4cc3cc(OC[C@H](O)CN)c4O)c(N)n2)c(F)c1. The van der Waals surface area contributed by atoms with E-state index >= 15 is 4.39 Å². The molecule has 0 radical (unpaired) electrons. The minimum atomic E-state index is -4.57. The number of hydrogen-bond donors (Lipinski definition) is 13. The fraction of sp³-hybridized carbons (Fsp3) is 0.447. The van der Waals surface area contributed by atoms with Crippen LogP contribution in [-0.4, -0.2) is 149 Å². The largest absolute Gasteiger partial charge is 0.504 e. The molecule has 1 aliphatic heterocycles. The Morgan fingerprint density at radius 3 is 2.21 bits per heavy atom. The van der Waals surface area contributed by atoms with Crippen LogP contribution in [0.25, 0.3) is 22.5 Å². The molecule has 24 nitrogen and oxygen atoms in total. The van der Waals surface area contributed by atoms with E-state index in [9.17, 15) is 53.1 Å². The van der Waals surface area contributed by atoms with Crippen LogP contribution in [0, 0.1) is 12.7 Å². The second-order valence-electron chi connectivity index (χ2n) is 18.2. The lowest BCUT2D eigenvalue weighted by molar-refractivity contribution is -0.142. The molecule has 1 aromatic heterocycles. The minimum absolute atomic E-state index is 0.00476. The molecule has 5 rings (SSSR count). The smallest absolute Gasteiger partial charge is 0.321 e. The highest BCUT2D eigenvalue weighted by atomic mass is 32.2. The normalized spacial score (nSPS) is 18.6. The Hall–Kier alpha value is -6.62. The molecule has 0 fully saturated rings. The van der Waals surface area contributed by atoms with Gasteiger partial charge >= 0.3 is 5.97 Å². The maximum absolute atomic E-state index is 15.6. The molecule has 0 saturated carbocycles. The summed E-state index contributed by atoms with van der Waals surface area (Å²) in [7, 11) is -3.46. The molecule has 4 bridgehead atoms. The Kier molecular flexibility index (Phi) is 18.8. The fourth-order valence-electron chi connectivity index (χ4n) is 7.71. The summed E-state index contributed by atoms with van der Waals surface area (Å²) in [5.74, 6) is -6.94. The van der Waals surface area contributed by atoms with Gasteiger partial charge in [-0.3, -0.25) is 24.5 Å². The number of phenolic OH excluding ortho intramolecular Hbond substituents is 1. The van der Waals surface area contributed by atoms with E-state index in [4.69, 9.17) is 31.8 Å². The number of aromatic hydroxyl groups is 1. The number of carbonyl (C=O) groups excluding carboxylic acids is 3. The Balaban J connectivity index is 1.67. The number of rotatable bonds is 19. The first-order valence-corrected chi connectivity index (χ1v) is 24.5. The number of anilines is 1. The number of carboxylic acid groups (broad SMARTS) is 1. The predicted molar refractivity (Wildman–Crippen MR) is 264 cm³/mol. The molecule has 7 atom stereocenters. The number of nitrogen functional groups attached to an aromatic ring is 1. The van der Waals surface area contributed by atoms with Crippen LogP contribution in [0.3, 0.4) is 0 Å². The van der Waals surface area contributed by atoms with Gasteiger partial charge in [0.25, 0.3) is 16.1 Å². The zero-order valence-corrected chi connectivity index (χ0v) is 41.9. The van der Waals surface area contributed by atoms with Crippen LogP contribution in [0.4, 0.5) is 10.2 Å². The van der Waals surface area contributed by atoms with Gasteiger partial charge in [0.05, 0.1) is 17.3 Å². The monoisotopic (exact) mass is 1040 g/mol. The summed E-state index contributed by atoms with van der Waals surface area (Å²) < 4.78 is 53.9. The molecular weight excluding hydrogens is 978 g/mol. The number of fused-ring (bicyclic) bond motifs is 5. The first-order valence-electron chi connectivity index (χ1n) is 23.0. The summed E-state index contributed by atoms with van der Waals surface area (Å²) in [6.07, 6.45) is -3.70. The van der Waals surface area contributed by atoms with Crippen LogP contribution < -0.4 is 52.5 Å². The molecule has 4 aromatic rings. The van der Waals surface area contributed by atoms with Gasteiger partial charge in [-0.1, -0.05) is 32.9 Å². The average Bonchev–Trinajstić information content (AvgIpc) is 3.32. The van der Waals surface area contributed by atoms with E-state index in [2.05, 4.69) is 25.9 Å². The lowest BCUT2D eigenvalue weighted by Crippen LogP contribution is -2.58. The second-order valence-corrected chi connectivity index (χ2v) is 19.6. The number of amides is 3. The number of aromatic nitrogens is 2. The molecule has 17 N–H and O–H groups in total. The van der Waals surface area contributed by atoms with E-state index in [1.807, 2.05) is 25.5 Å². The van der Waals surface area contributed by atoms with Crippen LogP contribution in [-0.2, 0) is 36.4 Å². The van der Waals surface area contributed by atoms with E-state index in [0.717, 1.165) is 30.0 Å². The number of nitrogens with two attached hydrogens (primary N) is 4. The van der Waals surface area contributed by atoms with Gasteiger partial charge in [-0.15, -0.1) is 0 Å². The van der Waals surface area contributed by atoms with Gasteiger partial charge in [0.1, 0.15) is 72.7 Å². The summed E-state index contributed by atoms with van der Waals surface area (Å²) in [5.41, 5.74) is 17.5. The molecular formula is C47H64FN11O13S. The molecule has 0 aliphatic carbocycles. The quantitative estimate of drug-likeness (QED) is 0.0544. The topological polar surface area (TPSA) is 403 Å². The summed E-state index contributed by atoms with van der Waals surface area (Å²) in [6, 6.07) is 4.81. The number of aliphatic hydroxyl groups excluding tert-OH is 3. The van der Waals surface area contributed by atoms with E-state index < -0.39 is 107 Å². The van der Waals surface area contributed by atoms with E-state index in [-0.39, 0.29) is 82.4 Å². The number of aliphatic hydroxyl groups is 3. The van der Waals surface area contributed by atoms with E-state index in [1.165, 1.54) is 50.2 Å². The number of carboxylic acids is 1. The van der Waals surface area contributed by atoms with E-state index in [0.29, 0.717) is 5.56 Å². The highest BCUT2D eigenvalue weighted by molar-refractivity contribution is 7.87. The van der Waals surface area contributed by atoms with Crippen molar-refractivity contribution in [3.05, 3.63) is 82.3 Å². The van der Waals surface area contributed by atoms with E-state index in [1.54, 1.807) is 6.07 Å². The Morgan fingerprint density at radius 1 is 0.986 bits per heavy atom. The number of likely N-dealkylation sites (N-methyl/N-ethyl adjacent to an activating group) is 1. The summed E-state index contributed by atoms with van der Waals surface area (Å²) in [6.45, 7) is 6.34. The van der Waals surface area contributed by atoms with Crippen LogP contribution in [0.5, 0.6) is 17.2 Å². The zero-order valence-electron chi connectivity index (χ0n) is 41.0. The van der Waals surface area contributed by atoms with Crippen molar-refractivity contribution < 1.29 is 67.0 Å². The molecule has 1 unspecified atom stereocenters. The lowest BCUT2D eigenvalue weighted by Gasteiger charge is -2.33. The number of phenols is 1. The van der Waals surface area contributed by atoms with Crippen molar-refractivity contribution in [3.63, 3.8) is 0 Å². The van der Waals surface area contributed by atoms with Crippen molar-refractivity contribution in [1.82, 2.24) is 35.5 Å². The standard InChI is InChI=1S/C47H64FN11O13S/c1-7-47(4,5)26-9-10-29(32(48)16-26)41-54-22(2)37(40(51)58-41)43(64)57-34(19-53-73(52,69)70)45(66)59(6)38-25-14-31(39(62)36(15-25)72-21-28(61)18-50)30-12-24(8-11-35(30)71-20-27(60)17-49)13-33(46(67)68)56-42(63)23(3)55-44(38)65/h8-12,14-16,23,27-28,33-34,38,42,53,56,60-63H,7,13,17-21,49-50H2,1-6H3,(H,55,65)(H,57,64)(H,67,68)(H2,51,54,58)(H2,52,69,70)/t23-,27+,28+,33-,34-,38-,42?/m0/s1. The first kappa shape index (κ1) is 57.3. The van der Waals surface area contributed by atoms with Crippen molar-refractivity contribution in [1.29, 1.82) is 0 Å². The highest BCUT2D eigenvalue weighted by Gasteiger charge is 2.38. The maximum atomic E-state index is 15.6. The van der Waals surface area contributed by atoms with Crippen LogP contribution in [0.1, 0.15) is 72.9 Å². The van der Waals surface area contributed by atoms with Crippen molar-refractivity contribution in [2.45, 2.75) is 95.5 Å². The number of aliphatic carboxylic acids is 1. The molecule has 0 saturated heterocycles. The van der Waals surface area contributed by atoms with Gasteiger partial charge in [0, 0.05) is 37.8 Å². The summed E-state index contributed by atoms with van der Waals surface area (Å²) in [4.78, 5) is 65.7. The second kappa shape index (κ2) is 23.9. The van der Waals surface area contributed by atoms with Crippen LogP contribution >= 0.6 is 0 Å². The van der Waals surface area contributed by atoms with Crippen molar-refractivity contribution in [2.24, 2.45) is 16.6 Å². The number of carbonyl (C=O) groups is 4. The number of nitrogens with one attached hydrogen (secondary N) is 4. The number of halogens is 1. The Labute approximate surface area is 420 Å². The lowest BCUT2D eigenvalue weighted by atomic mass is 9.82. The number of aryl methyl sites for hydroxylation is 1. The fourth-order valence-corrected chi connectivity index (χ4v) is 8.11. The van der Waals surface area contributed by atoms with Crippen molar-refractivity contribution in [2.75, 3.05) is 45.6 Å². The zero-order chi connectivity index (χ0) is 54.3. The van der Waals surface area contributed by atoms with Crippen LogP contribution in [0.15, 0.2) is 48.5 Å². The third-order valence-corrected chi connectivity index (χ3v) is 13.0. The molecule has 3 aromatic carbocycles. The Bertz CT molecular complexity index is 2780. The first-order chi connectivity index (χ1) is 34.2. The number of ether oxygens (including phenoxy) is 2. The molecule has 1 aliphatic rings. The van der Waals surface area contributed by atoms with Crippen molar-refractivity contribution >= 4 is 39.7 Å². The molecule has 73 heavy (non-hydrogen) atoms. The number of benzene rings is 3. The molecule has 398 valence electrons. The number of hydrogen-bond acceptors (Lipinski definition) is 18. The maximum Gasteiger partial charge on any atom is 0.321 e. The highest BCUT2D eigenvalue weighted by Crippen LogP contribution is 2.45. The summed E-state index contributed by atoms with van der Waals surface area (Å²) >= 11 is 0. The molecule has 3 amide bonds. The molecule has 0 spiro atoms. The van der Waals surface area contributed by atoms with Gasteiger partial charge in [-0.25, -0.2) is 19.5 Å². The summed E-state index contributed by atoms with van der Waals surface area (Å²) in [5, 5.41) is 66.9. The predicted octanol–water partition coefficient (Wildman–Crippen LogP) is -0.856. The number of nitrogens with zero attached hydrogens (tertiary/aromatic N) is 3. The van der Waals surface area contributed by atoms with Gasteiger partial charge in [0.15, 0.2) is 17.3 Å². The van der Waals surface area contributed by atoms with Gasteiger partial charge in [-0.2, -0.15) is 13.1 Å². The van der Waals surface area contributed by atoms with Crippen molar-refractivity contribution in [3.8, 4) is 39.8 Å².